The molecule has 0 fully saturated rings. The Labute approximate surface area is 191 Å². The fraction of sp³-hybridized carbons (Fsp3) is 0.316. The minimum absolute atomic E-state index is 0.0632. The van der Waals surface area contributed by atoms with Gasteiger partial charge in [-0.05, 0) is 25.1 Å². The minimum atomic E-state index is -4.12. The lowest BCUT2D eigenvalue weighted by molar-refractivity contribution is -0.141. The van der Waals surface area contributed by atoms with Crippen molar-refractivity contribution in [3.8, 4) is 5.75 Å². The quantitative estimate of drug-likeness (QED) is 0.442. The molecular weight excluding hydrogens is 476 g/mol. The molecule has 12 nitrogen and oxygen atoms in total. The van der Waals surface area contributed by atoms with E-state index in [0.717, 1.165) is 11.3 Å². The summed E-state index contributed by atoms with van der Waals surface area (Å²) in [5, 5.41) is 5.82. The molecule has 0 radical (unpaired) electrons. The van der Waals surface area contributed by atoms with Crippen LogP contribution in [0, 0.1) is 6.92 Å². The average molecular weight is 497 g/mol. The van der Waals surface area contributed by atoms with E-state index in [1.54, 1.807) is 25.1 Å². The highest BCUT2D eigenvalue weighted by Gasteiger charge is 2.22. The van der Waals surface area contributed by atoms with E-state index in [9.17, 15) is 22.8 Å². The summed E-state index contributed by atoms with van der Waals surface area (Å²) in [5.74, 6) is -3.31. The zero-order valence-corrected chi connectivity index (χ0v) is 19.5. The van der Waals surface area contributed by atoms with Gasteiger partial charge in [0.05, 0.1) is 24.4 Å². The number of carbonyl (C=O) groups is 3. The lowest BCUT2D eigenvalue weighted by Gasteiger charge is -2.05. The van der Waals surface area contributed by atoms with Gasteiger partial charge in [-0.2, -0.15) is 4.99 Å². The molecule has 176 valence electrons. The van der Waals surface area contributed by atoms with Crippen molar-refractivity contribution in [2.45, 2.75) is 13.5 Å². The standard InChI is InChI=1S/C19H20N4O8S2/c1-11-6-15(22-31-11)20-16(24)9-33(27,28)10-17(25)21-19-23(8-18(26)30-3)13-5-4-12(29-2)7-14(13)32-19/h4-7H,8-10H2,1-3H3,(H,20,22,24). The zero-order chi connectivity index (χ0) is 24.2. The number of fused-ring (bicyclic) bond motifs is 1. The van der Waals surface area contributed by atoms with Crippen molar-refractivity contribution < 1.29 is 36.8 Å². The monoisotopic (exact) mass is 496 g/mol. The summed E-state index contributed by atoms with van der Waals surface area (Å²) in [4.78, 5) is 40.2. The third-order valence-corrected chi connectivity index (χ3v) is 6.64. The first kappa shape index (κ1) is 24.1. The maximum absolute atomic E-state index is 12.4. The van der Waals surface area contributed by atoms with Crippen LogP contribution in [0.15, 0.2) is 33.8 Å². The Balaban J connectivity index is 1.82. The molecule has 0 bridgehead atoms. The number of nitrogens with one attached hydrogen (secondary N) is 1. The summed E-state index contributed by atoms with van der Waals surface area (Å²) in [5.41, 5.74) is 0.586. The Bertz CT molecular complexity index is 1380. The van der Waals surface area contributed by atoms with E-state index in [0.29, 0.717) is 21.7 Å². The number of benzene rings is 1. The molecule has 2 aromatic heterocycles. The number of hydrogen-bond acceptors (Lipinski definition) is 10. The largest absolute Gasteiger partial charge is 0.497 e. The lowest BCUT2D eigenvalue weighted by atomic mass is 10.3. The van der Waals surface area contributed by atoms with Crippen LogP contribution in [0.3, 0.4) is 0 Å². The normalized spacial score (nSPS) is 12.0. The summed E-state index contributed by atoms with van der Waals surface area (Å²) in [6, 6.07) is 6.48. The number of hydrogen-bond donors (Lipinski definition) is 1. The highest BCUT2D eigenvalue weighted by Crippen LogP contribution is 2.23. The van der Waals surface area contributed by atoms with Crippen LogP contribution in [-0.2, 0) is 35.5 Å². The van der Waals surface area contributed by atoms with Gasteiger partial charge >= 0.3 is 5.97 Å². The molecule has 1 aromatic carbocycles. The van der Waals surface area contributed by atoms with Crippen LogP contribution < -0.4 is 14.9 Å². The molecule has 33 heavy (non-hydrogen) atoms. The molecular formula is C19H20N4O8S2. The van der Waals surface area contributed by atoms with Crippen LogP contribution >= 0.6 is 11.3 Å². The summed E-state index contributed by atoms with van der Waals surface area (Å²) >= 11 is 1.07. The maximum atomic E-state index is 12.4. The summed E-state index contributed by atoms with van der Waals surface area (Å²) in [6.45, 7) is 1.37. The van der Waals surface area contributed by atoms with Crippen LogP contribution in [0.2, 0.25) is 0 Å². The van der Waals surface area contributed by atoms with E-state index in [4.69, 9.17) is 14.0 Å². The second-order valence-corrected chi connectivity index (χ2v) is 9.86. The van der Waals surface area contributed by atoms with Crippen molar-refractivity contribution in [1.29, 1.82) is 0 Å². The van der Waals surface area contributed by atoms with Crippen molar-refractivity contribution in [3.63, 3.8) is 0 Å². The molecule has 3 aromatic rings. The van der Waals surface area contributed by atoms with Gasteiger partial charge in [-0.25, -0.2) is 8.42 Å². The molecule has 14 heteroatoms. The molecule has 0 aliphatic rings. The Hall–Kier alpha value is -3.52. The van der Waals surface area contributed by atoms with Crippen molar-refractivity contribution in [2.24, 2.45) is 4.99 Å². The van der Waals surface area contributed by atoms with E-state index in [2.05, 4.69) is 15.5 Å². The SMILES string of the molecule is COC(=O)Cn1c(=NC(=O)CS(=O)(=O)CC(=O)Nc2cc(C)on2)sc2cc(OC)ccc21. The van der Waals surface area contributed by atoms with Gasteiger partial charge in [0.2, 0.25) is 5.91 Å². The topological polar surface area (TPSA) is 159 Å². The van der Waals surface area contributed by atoms with E-state index in [1.165, 1.54) is 24.9 Å². The molecule has 3 rings (SSSR count). The Morgan fingerprint density at radius 3 is 2.61 bits per heavy atom. The van der Waals surface area contributed by atoms with E-state index < -0.39 is 39.1 Å². The number of rotatable bonds is 8. The predicted molar refractivity (Wildman–Crippen MR) is 117 cm³/mol. The van der Waals surface area contributed by atoms with Gasteiger partial charge in [-0.3, -0.25) is 14.4 Å². The van der Waals surface area contributed by atoms with Gasteiger partial charge in [0.15, 0.2) is 20.5 Å². The number of aryl methyl sites for hydroxylation is 1. The fourth-order valence-corrected chi connectivity index (χ4v) is 4.88. The molecule has 0 spiro atoms. The van der Waals surface area contributed by atoms with Gasteiger partial charge in [0.1, 0.15) is 29.6 Å². The van der Waals surface area contributed by atoms with Gasteiger partial charge in [0, 0.05) is 6.07 Å². The molecule has 2 heterocycles. The Morgan fingerprint density at radius 2 is 1.97 bits per heavy atom. The molecule has 0 aliphatic carbocycles. The van der Waals surface area contributed by atoms with Crippen molar-refractivity contribution >= 4 is 55.0 Å². The van der Waals surface area contributed by atoms with Crippen LogP contribution in [-0.4, -0.2) is 61.7 Å². The number of sulfone groups is 1. The predicted octanol–water partition coefficient (Wildman–Crippen LogP) is 0.662. The first-order valence-electron chi connectivity index (χ1n) is 9.35. The summed E-state index contributed by atoms with van der Waals surface area (Å²) < 4.78 is 41.4. The summed E-state index contributed by atoms with van der Waals surface area (Å²) in [6.07, 6.45) is 0. The highest BCUT2D eigenvalue weighted by molar-refractivity contribution is 7.92. The molecule has 0 unspecified atom stereocenters. The lowest BCUT2D eigenvalue weighted by Crippen LogP contribution is -2.28. The fourth-order valence-electron chi connectivity index (χ4n) is 2.79. The molecule has 1 N–H and O–H groups in total. The van der Waals surface area contributed by atoms with Crippen LogP contribution in [0.5, 0.6) is 5.75 Å². The number of thiazole rings is 1. The molecule has 0 saturated carbocycles. The van der Waals surface area contributed by atoms with Crippen molar-refractivity contribution in [1.82, 2.24) is 9.72 Å². The van der Waals surface area contributed by atoms with Crippen LogP contribution in [0.4, 0.5) is 5.82 Å². The molecule has 0 saturated heterocycles. The van der Waals surface area contributed by atoms with Crippen LogP contribution in [0.25, 0.3) is 10.2 Å². The Morgan fingerprint density at radius 1 is 1.21 bits per heavy atom. The number of esters is 1. The van der Waals surface area contributed by atoms with Gasteiger partial charge in [-0.1, -0.05) is 16.5 Å². The first-order valence-corrected chi connectivity index (χ1v) is 12.0. The van der Waals surface area contributed by atoms with E-state index >= 15 is 0 Å². The number of anilines is 1. The number of aromatic nitrogens is 2. The molecule has 2 amide bonds. The number of methoxy groups -OCH3 is 2. The van der Waals surface area contributed by atoms with Crippen LogP contribution in [0.1, 0.15) is 5.76 Å². The number of carbonyl (C=O) groups excluding carboxylic acids is 3. The third kappa shape index (κ3) is 6.26. The second-order valence-electron chi connectivity index (χ2n) is 6.79. The van der Waals surface area contributed by atoms with Crippen molar-refractivity contribution in [2.75, 3.05) is 31.0 Å². The third-order valence-electron chi connectivity index (χ3n) is 4.21. The second kappa shape index (κ2) is 9.95. The maximum Gasteiger partial charge on any atom is 0.325 e. The zero-order valence-electron chi connectivity index (χ0n) is 17.9. The van der Waals surface area contributed by atoms with Gasteiger partial charge < -0.3 is 23.9 Å². The van der Waals surface area contributed by atoms with E-state index in [1.807, 2.05) is 0 Å². The smallest absolute Gasteiger partial charge is 0.325 e. The van der Waals surface area contributed by atoms with Crippen molar-refractivity contribution in [3.05, 3.63) is 34.8 Å². The first-order chi connectivity index (χ1) is 15.6. The average Bonchev–Trinajstić information content (AvgIpc) is 3.28. The van der Waals surface area contributed by atoms with Gasteiger partial charge in [-0.15, -0.1) is 0 Å². The van der Waals surface area contributed by atoms with E-state index in [-0.39, 0.29) is 17.2 Å². The number of amides is 2. The molecule has 0 aliphatic heterocycles. The number of ether oxygens (including phenoxy) is 2. The van der Waals surface area contributed by atoms with Gasteiger partial charge in [0.25, 0.3) is 5.91 Å². The summed E-state index contributed by atoms with van der Waals surface area (Å²) in [7, 11) is -1.41. The highest BCUT2D eigenvalue weighted by atomic mass is 32.2. The minimum Gasteiger partial charge on any atom is -0.497 e. The number of nitrogens with zero attached hydrogens (tertiary/aromatic N) is 3. The Kier molecular flexibility index (Phi) is 7.28. The molecule has 0 atom stereocenters.